The Balaban J connectivity index is 1.19. The quantitative estimate of drug-likeness (QED) is 0.641. The molecule has 7 nitrogen and oxygen atoms in total. The summed E-state index contributed by atoms with van der Waals surface area (Å²) in [5.74, 6) is 1.44. The predicted molar refractivity (Wildman–Crippen MR) is 113 cm³/mol. The second kappa shape index (κ2) is 7.45. The van der Waals surface area contributed by atoms with E-state index in [1.165, 1.54) is 25.7 Å². The molecule has 1 aromatic heterocycles. The van der Waals surface area contributed by atoms with E-state index < -0.39 is 12.1 Å². The van der Waals surface area contributed by atoms with E-state index in [0.29, 0.717) is 18.3 Å². The lowest BCUT2D eigenvalue weighted by molar-refractivity contribution is -0.132. The molecule has 3 aliphatic rings. The number of hydrogen-bond donors (Lipinski definition) is 3. The van der Waals surface area contributed by atoms with E-state index in [1.54, 1.807) is 0 Å². The maximum absolute atomic E-state index is 12.8. The van der Waals surface area contributed by atoms with E-state index in [9.17, 15) is 14.4 Å². The van der Waals surface area contributed by atoms with Gasteiger partial charge in [-0.15, -0.1) is 0 Å². The average Bonchev–Trinajstić information content (AvgIpc) is 3.50. The number of fused-ring (bicyclic) bond motifs is 3. The first-order valence-electron chi connectivity index (χ1n) is 11.0. The molecule has 0 spiro atoms. The van der Waals surface area contributed by atoms with Crippen molar-refractivity contribution < 1.29 is 14.4 Å². The SMILES string of the molecule is C[C@H](NC(=O)CN1C(=O)N[C@H](Cc2c[nH]c3ccccc23)C1=O)[C@H]1C[C@H]2CC[C@H]1C2. The van der Waals surface area contributed by atoms with Crippen molar-refractivity contribution in [1.29, 1.82) is 0 Å². The van der Waals surface area contributed by atoms with E-state index in [1.807, 2.05) is 30.5 Å². The van der Waals surface area contributed by atoms with Crippen molar-refractivity contribution in [3.05, 3.63) is 36.0 Å². The largest absolute Gasteiger partial charge is 0.361 e. The standard InChI is InChI=1S/C23H28N4O3/c1-13(18-9-14-6-7-15(18)8-14)25-21(28)12-27-22(29)20(26-23(27)30)10-16-11-24-19-5-3-2-4-17(16)19/h2-5,11,13-15,18,20,24H,6-10,12H2,1H3,(H,25,28)(H,26,30)/t13-,14-,15-,18+,20+/m0/s1. The Bertz CT molecular complexity index is 999. The Labute approximate surface area is 175 Å². The maximum atomic E-state index is 12.8. The summed E-state index contributed by atoms with van der Waals surface area (Å²) in [6, 6.07) is 6.80. The summed E-state index contributed by atoms with van der Waals surface area (Å²) >= 11 is 0. The Kier molecular flexibility index (Phi) is 4.76. The van der Waals surface area contributed by atoms with Crippen LogP contribution in [0.1, 0.15) is 38.2 Å². The molecule has 2 aliphatic carbocycles. The fourth-order valence-electron chi connectivity index (χ4n) is 5.84. The first-order chi connectivity index (χ1) is 14.5. The van der Waals surface area contributed by atoms with Crippen molar-refractivity contribution in [3.63, 3.8) is 0 Å². The van der Waals surface area contributed by atoms with Crippen LogP contribution in [0, 0.1) is 17.8 Å². The van der Waals surface area contributed by atoms with Crippen LogP contribution in [-0.2, 0) is 16.0 Å². The van der Waals surface area contributed by atoms with Gasteiger partial charge < -0.3 is 15.6 Å². The number of nitrogens with zero attached hydrogens (tertiary/aromatic N) is 1. The van der Waals surface area contributed by atoms with Crippen LogP contribution in [0.25, 0.3) is 10.9 Å². The lowest BCUT2D eigenvalue weighted by Gasteiger charge is -2.29. The zero-order valence-electron chi connectivity index (χ0n) is 17.2. The van der Waals surface area contributed by atoms with Crippen LogP contribution in [-0.4, -0.2) is 46.4 Å². The smallest absolute Gasteiger partial charge is 0.325 e. The van der Waals surface area contributed by atoms with Gasteiger partial charge in [0.05, 0.1) is 0 Å². The second-order valence-electron chi connectivity index (χ2n) is 9.18. The number of rotatable bonds is 6. The third-order valence-electron chi connectivity index (χ3n) is 7.33. The molecule has 1 aromatic carbocycles. The molecular weight excluding hydrogens is 380 g/mol. The number of amides is 4. The van der Waals surface area contributed by atoms with Gasteiger partial charge in [-0.05, 0) is 55.6 Å². The Morgan fingerprint density at radius 2 is 2.07 bits per heavy atom. The van der Waals surface area contributed by atoms with E-state index in [0.717, 1.165) is 27.3 Å². The third kappa shape index (κ3) is 3.36. The fraction of sp³-hybridized carbons (Fsp3) is 0.522. The highest BCUT2D eigenvalue weighted by Crippen LogP contribution is 2.49. The number of H-pyrrole nitrogens is 1. The minimum absolute atomic E-state index is 0.0792. The van der Waals surface area contributed by atoms with Crippen LogP contribution in [0.15, 0.2) is 30.5 Å². The first kappa shape index (κ1) is 19.2. The second-order valence-corrected chi connectivity index (χ2v) is 9.18. The molecule has 5 rings (SSSR count). The summed E-state index contributed by atoms with van der Waals surface area (Å²) in [6.07, 6.45) is 7.32. The number of carbonyl (C=O) groups excluding carboxylic acids is 3. The van der Waals surface area contributed by atoms with Crippen molar-refractivity contribution in [2.24, 2.45) is 17.8 Å². The topological polar surface area (TPSA) is 94.3 Å². The molecule has 5 atom stereocenters. The van der Waals surface area contributed by atoms with Crippen LogP contribution < -0.4 is 10.6 Å². The van der Waals surface area contributed by atoms with Crippen molar-refractivity contribution in [2.45, 2.75) is 51.1 Å². The number of aromatic nitrogens is 1. The molecule has 0 radical (unpaired) electrons. The summed E-state index contributed by atoms with van der Waals surface area (Å²) in [4.78, 5) is 42.0. The van der Waals surface area contributed by atoms with Gasteiger partial charge >= 0.3 is 6.03 Å². The molecule has 2 heterocycles. The molecule has 0 unspecified atom stereocenters. The number of hydrogen-bond acceptors (Lipinski definition) is 3. The first-order valence-corrected chi connectivity index (χ1v) is 11.0. The van der Waals surface area contributed by atoms with Gasteiger partial charge in [-0.3, -0.25) is 14.5 Å². The molecule has 4 amide bonds. The van der Waals surface area contributed by atoms with Crippen LogP contribution in [0.4, 0.5) is 4.79 Å². The zero-order chi connectivity index (χ0) is 20.8. The summed E-state index contributed by atoms with van der Waals surface area (Å²) in [7, 11) is 0. The van der Waals surface area contributed by atoms with Gasteiger partial charge in [0.15, 0.2) is 0 Å². The molecule has 1 saturated heterocycles. The Morgan fingerprint density at radius 1 is 1.23 bits per heavy atom. The minimum Gasteiger partial charge on any atom is -0.361 e. The van der Waals surface area contributed by atoms with Gasteiger partial charge in [0, 0.05) is 29.6 Å². The molecule has 30 heavy (non-hydrogen) atoms. The van der Waals surface area contributed by atoms with Crippen molar-refractivity contribution in [3.8, 4) is 0 Å². The summed E-state index contributed by atoms with van der Waals surface area (Å²) in [5, 5.41) is 6.81. The average molecular weight is 409 g/mol. The number of urea groups is 1. The lowest BCUT2D eigenvalue weighted by Crippen LogP contribution is -2.46. The summed E-state index contributed by atoms with van der Waals surface area (Å²) in [5.41, 5.74) is 1.97. The van der Waals surface area contributed by atoms with Gasteiger partial charge in [0.2, 0.25) is 5.91 Å². The van der Waals surface area contributed by atoms with Gasteiger partial charge in [-0.25, -0.2) is 4.79 Å². The van der Waals surface area contributed by atoms with Gasteiger partial charge in [-0.2, -0.15) is 0 Å². The minimum atomic E-state index is -0.646. The third-order valence-corrected chi connectivity index (χ3v) is 7.33. The Hall–Kier alpha value is -2.83. The summed E-state index contributed by atoms with van der Waals surface area (Å²) < 4.78 is 0. The molecular formula is C23H28N4O3. The highest BCUT2D eigenvalue weighted by Gasteiger charge is 2.43. The number of imide groups is 1. The molecule has 3 N–H and O–H groups in total. The lowest BCUT2D eigenvalue weighted by atomic mass is 9.84. The van der Waals surface area contributed by atoms with E-state index >= 15 is 0 Å². The molecule has 7 heteroatoms. The van der Waals surface area contributed by atoms with Gasteiger partial charge in [0.1, 0.15) is 12.6 Å². The monoisotopic (exact) mass is 408 g/mol. The van der Waals surface area contributed by atoms with E-state index in [2.05, 4.69) is 22.5 Å². The number of nitrogens with one attached hydrogen (secondary N) is 3. The van der Waals surface area contributed by atoms with Crippen LogP contribution in [0.3, 0.4) is 0 Å². The maximum Gasteiger partial charge on any atom is 0.325 e. The molecule has 2 bridgehead atoms. The molecule has 1 aliphatic heterocycles. The highest BCUT2D eigenvalue weighted by molar-refractivity contribution is 6.06. The van der Waals surface area contributed by atoms with Crippen molar-refractivity contribution in [2.75, 3.05) is 6.54 Å². The van der Waals surface area contributed by atoms with E-state index in [4.69, 9.17) is 0 Å². The molecule has 2 saturated carbocycles. The summed E-state index contributed by atoms with van der Waals surface area (Å²) in [6.45, 7) is 1.83. The number of benzene rings is 1. The number of aromatic amines is 1. The fourth-order valence-corrected chi connectivity index (χ4v) is 5.84. The van der Waals surface area contributed by atoms with Crippen LogP contribution in [0.2, 0.25) is 0 Å². The predicted octanol–water partition coefficient (Wildman–Crippen LogP) is 2.57. The Morgan fingerprint density at radius 3 is 2.83 bits per heavy atom. The molecule has 3 fully saturated rings. The van der Waals surface area contributed by atoms with Crippen molar-refractivity contribution >= 4 is 28.7 Å². The number of para-hydroxylation sites is 1. The van der Waals surface area contributed by atoms with E-state index in [-0.39, 0.29) is 24.4 Å². The van der Waals surface area contributed by atoms with Gasteiger partial charge in [0.25, 0.3) is 5.91 Å². The van der Waals surface area contributed by atoms with Crippen LogP contribution >= 0.6 is 0 Å². The molecule has 2 aromatic rings. The highest BCUT2D eigenvalue weighted by atomic mass is 16.2. The van der Waals surface area contributed by atoms with Crippen molar-refractivity contribution in [1.82, 2.24) is 20.5 Å². The van der Waals surface area contributed by atoms with Crippen LogP contribution in [0.5, 0.6) is 0 Å². The number of carbonyl (C=O) groups is 3. The molecule has 158 valence electrons. The zero-order valence-corrected chi connectivity index (χ0v) is 17.2. The van der Waals surface area contributed by atoms with Gasteiger partial charge in [-0.1, -0.05) is 24.6 Å². The normalized spacial score (nSPS) is 28.9.